The summed E-state index contributed by atoms with van der Waals surface area (Å²) < 4.78 is 5.09. The van der Waals surface area contributed by atoms with Gasteiger partial charge < -0.3 is 0 Å². The Labute approximate surface area is 42.5 Å². The zero-order valence-electron chi connectivity index (χ0n) is 2.83. The standard InChI is InChI=1S/C2H2N2OSe/c6-2-1-5-4-3-2/h1,6H. The molecule has 0 radical (unpaired) electrons. The maximum absolute atomic E-state index is 4.34. The first kappa shape index (κ1) is 3.84. The van der Waals surface area contributed by atoms with Crippen LogP contribution in [0.2, 0.25) is 0 Å². The molecule has 6 heavy (non-hydrogen) atoms. The van der Waals surface area contributed by atoms with Gasteiger partial charge in [0.15, 0.2) is 0 Å². The van der Waals surface area contributed by atoms with E-state index in [-0.39, 0.29) is 0 Å². The van der Waals surface area contributed by atoms with Crippen LogP contribution in [0.4, 0.5) is 0 Å². The van der Waals surface area contributed by atoms with E-state index < -0.39 is 0 Å². The molecule has 0 aliphatic carbocycles. The molecule has 0 atom stereocenters. The molecule has 0 fully saturated rings. The number of nitrogens with zero attached hydrogens (tertiary/aromatic N) is 2. The molecule has 3 nitrogen and oxygen atoms in total. The molecule has 0 aliphatic heterocycles. The normalized spacial score (nSPS) is 8.83. The molecule has 32 valence electrons. The second kappa shape index (κ2) is 1.41. The van der Waals surface area contributed by atoms with Gasteiger partial charge in [0.25, 0.3) is 0 Å². The Hall–Kier alpha value is -0.341. The van der Waals surface area contributed by atoms with E-state index in [4.69, 9.17) is 0 Å². The second-order valence-corrected chi connectivity index (χ2v) is 1.72. The minimum absolute atomic E-state index is 0.752. The molecule has 1 aromatic heterocycles. The van der Waals surface area contributed by atoms with Crippen LogP contribution in [-0.4, -0.2) is 26.4 Å². The molecule has 0 bridgehead atoms. The molecule has 0 amide bonds. The van der Waals surface area contributed by atoms with Crippen molar-refractivity contribution in [2.24, 2.45) is 0 Å². The Morgan fingerprint density at radius 1 is 1.83 bits per heavy atom. The fourth-order valence-electron chi connectivity index (χ4n) is 0.160. The molecule has 0 aliphatic rings. The van der Waals surface area contributed by atoms with Gasteiger partial charge in [-0.2, -0.15) is 0 Å². The predicted octanol–water partition coefficient (Wildman–Crippen LogP) is -1.40. The minimum atomic E-state index is 0.752. The third-order valence-electron chi connectivity index (χ3n) is 0.349. The molecule has 0 unspecified atom stereocenters. The molecule has 0 aromatic carbocycles. The SMILES string of the molecule is [SeH]c1conn1. The van der Waals surface area contributed by atoms with Crippen molar-refractivity contribution < 1.29 is 4.52 Å². The van der Waals surface area contributed by atoms with E-state index in [2.05, 4.69) is 30.9 Å². The number of hydrogen-bond acceptors (Lipinski definition) is 3. The zero-order valence-corrected chi connectivity index (χ0v) is 4.70. The van der Waals surface area contributed by atoms with E-state index in [1.54, 1.807) is 0 Å². The van der Waals surface area contributed by atoms with Gasteiger partial charge in [0.05, 0.1) is 0 Å². The molecule has 1 heterocycles. The van der Waals surface area contributed by atoms with Gasteiger partial charge in [-0.1, -0.05) is 0 Å². The van der Waals surface area contributed by atoms with E-state index in [0.717, 1.165) is 4.59 Å². The van der Waals surface area contributed by atoms with Gasteiger partial charge in [0, 0.05) is 0 Å². The molecule has 1 rings (SSSR count). The van der Waals surface area contributed by atoms with Crippen LogP contribution in [0.1, 0.15) is 0 Å². The first-order chi connectivity index (χ1) is 2.89. The van der Waals surface area contributed by atoms with Crippen molar-refractivity contribution in [3.8, 4) is 0 Å². The fourth-order valence-corrected chi connectivity index (χ4v) is 0.335. The molecule has 0 spiro atoms. The molecular formula is C2H2N2OSe. The second-order valence-electron chi connectivity index (χ2n) is 0.763. The van der Waals surface area contributed by atoms with Gasteiger partial charge in [-0.25, -0.2) is 0 Å². The topological polar surface area (TPSA) is 38.9 Å². The van der Waals surface area contributed by atoms with Crippen molar-refractivity contribution in [1.29, 1.82) is 0 Å². The summed E-state index contributed by atoms with van der Waals surface area (Å²) in [7, 11) is 0. The van der Waals surface area contributed by atoms with E-state index in [0.29, 0.717) is 0 Å². The summed E-state index contributed by atoms with van der Waals surface area (Å²) in [6.07, 6.45) is 1.46. The van der Waals surface area contributed by atoms with E-state index in [9.17, 15) is 0 Å². The quantitative estimate of drug-likeness (QED) is 0.425. The zero-order chi connectivity index (χ0) is 4.41. The number of hydrogen-bond donors (Lipinski definition) is 0. The van der Waals surface area contributed by atoms with Crippen molar-refractivity contribution in [1.82, 2.24) is 10.4 Å². The third kappa shape index (κ3) is 0.584. The fraction of sp³-hybridized carbons (Fsp3) is 0. The van der Waals surface area contributed by atoms with Gasteiger partial charge in [-0.3, -0.25) is 0 Å². The first-order valence-corrected chi connectivity index (χ1v) is 2.29. The van der Waals surface area contributed by atoms with E-state index in [1.165, 1.54) is 6.26 Å². The molecule has 1 aromatic rings. The van der Waals surface area contributed by atoms with Crippen LogP contribution in [0.5, 0.6) is 0 Å². The number of rotatable bonds is 0. The van der Waals surface area contributed by atoms with Crippen LogP contribution < -0.4 is 4.59 Å². The van der Waals surface area contributed by atoms with Gasteiger partial charge in [0.2, 0.25) is 0 Å². The summed E-state index contributed by atoms with van der Waals surface area (Å²) in [6.45, 7) is 0. The van der Waals surface area contributed by atoms with Crippen LogP contribution in [0.3, 0.4) is 0 Å². The van der Waals surface area contributed by atoms with E-state index >= 15 is 0 Å². The molecule has 0 N–H and O–H groups in total. The van der Waals surface area contributed by atoms with Gasteiger partial charge >= 0.3 is 41.8 Å². The van der Waals surface area contributed by atoms with Gasteiger partial charge in [0.1, 0.15) is 0 Å². The van der Waals surface area contributed by atoms with Crippen LogP contribution in [-0.2, 0) is 0 Å². The Kier molecular flexibility index (Phi) is 0.900. The summed E-state index contributed by atoms with van der Waals surface area (Å²) in [5.41, 5.74) is 0. The predicted molar refractivity (Wildman–Crippen MR) is 21.1 cm³/mol. The maximum atomic E-state index is 4.34. The number of aromatic nitrogens is 2. The molecular weight excluding hydrogens is 147 g/mol. The summed E-state index contributed by atoms with van der Waals surface area (Å²) in [6, 6.07) is 0. The van der Waals surface area contributed by atoms with Crippen LogP contribution in [0.15, 0.2) is 10.8 Å². The Morgan fingerprint density at radius 3 is 2.83 bits per heavy atom. The molecule has 0 saturated heterocycles. The summed E-state index contributed by atoms with van der Waals surface area (Å²) in [4.78, 5) is 0. The van der Waals surface area contributed by atoms with Crippen molar-refractivity contribution in [3.63, 3.8) is 0 Å². The first-order valence-electron chi connectivity index (χ1n) is 1.35. The summed E-state index contributed by atoms with van der Waals surface area (Å²) in [5.74, 6) is 0. The monoisotopic (exact) mass is 150 g/mol. The van der Waals surface area contributed by atoms with Gasteiger partial charge in [-0.15, -0.1) is 0 Å². The van der Waals surface area contributed by atoms with Crippen molar-refractivity contribution in [2.75, 3.05) is 0 Å². The Balaban J connectivity index is 3.05. The van der Waals surface area contributed by atoms with Gasteiger partial charge in [-0.05, 0) is 0 Å². The molecule has 4 heteroatoms. The van der Waals surface area contributed by atoms with Crippen LogP contribution in [0, 0.1) is 0 Å². The van der Waals surface area contributed by atoms with Crippen molar-refractivity contribution in [3.05, 3.63) is 6.26 Å². The molecule has 0 saturated carbocycles. The Bertz CT molecular complexity index is 115. The van der Waals surface area contributed by atoms with Crippen molar-refractivity contribution in [2.45, 2.75) is 0 Å². The summed E-state index contributed by atoms with van der Waals surface area (Å²) >= 11 is 2.22. The van der Waals surface area contributed by atoms with Crippen LogP contribution in [0.25, 0.3) is 0 Å². The van der Waals surface area contributed by atoms with Crippen LogP contribution >= 0.6 is 0 Å². The Morgan fingerprint density at radius 2 is 2.67 bits per heavy atom. The van der Waals surface area contributed by atoms with Crippen molar-refractivity contribution >= 4 is 20.6 Å². The summed E-state index contributed by atoms with van der Waals surface area (Å²) in [5, 5.41) is 6.65. The van der Waals surface area contributed by atoms with E-state index in [1.807, 2.05) is 0 Å². The average Bonchev–Trinajstić information content (AvgIpc) is 1.86. The third-order valence-corrected chi connectivity index (χ3v) is 0.757. The average molecular weight is 149 g/mol.